The normalized spacial score (nSPS) is 14.0. The lowest BCUT2D eigenvalue weighted by Crippen LogP contribution is -2.37. The Labute approximate surface area is 172 Å². The minimum Gasteiger partial charge on any atom is -0.378 e. The Hall–Kier alpha value is -2.98. The molecule has 4 heterocycles. The van der Waals surface area contributed by atoms with E-state index < -0.39 is 0 Å². The van der Waals surface area contributed by atoms with E-state index in [1.807, 2.05) is 30.5 Å². The van der Waals surface area contributed by atoms with Crippen LogP contribution in [0, 0.1) is 6.92 Å². The van der Waals surface area contributed by atoms with Gasteiger partial charge in [-0.25, -0.2) is 9.97 Å². The average Bonchev–Trinajstić information content (AvgIpc) is 3.43. The summed E-state index contributed by atoms with van der Waals surface area (Å²) in [6.45, 7) is 5.86. The molecular weight excluding hydrogens is 392 g/mol. The number of carbonyl (C=O) groups is 1. The first-order valence-corrected chi connectivity index (χ1v) is 10.3. The standard InChI is InChI=1S/C19H22N6O3S/c1-13-22-17(12-18(23-13)25-6-8-27-9-7-25)20-4-5-21-19(26)14-11-15(28-24-14)16-3-2-10-29-16/h2-3,10-12H,4-9H2,1H3,(H,21,26)(H,20,22,23). The number of nitrogens with one attached hydrogen (secondary N) is 2. The summed E-state index contributed by atoms with van der Waals surface area (Å²) in [6, 6.07) is 7.42. The van der Waals surface area contributed by atoms with Crippen molar-refractivity contribution < 1.29 is 14.1 Å². The SMILES string of the molecule is Cc1nc(NCCNC(=O)c2cc(-c3cccs3)on2)cc(N2CCOCC2)n1. The largest absolute Gasteiger partial charge is 0.378 e. The van der Waals surface area contributed by atoms with Gasteiger partial charge in [-0.05, 0) is 18.4 Å². The van der Waals surface area contributed by atoms with Crippen molar-refractivity contribution in [3.8, 4) is 10.6 Å². The predicted molar refractivity (Wildman–Crippen MR) is 110 cm³/mol. The lowest BCUT2D eigenvalue weighted by Gasteiger charge is -2.28. The van der Waals surface area contributed by atoms with Crippen LogP contribution in [0.25, 0.3) is 10.6 Å². The summed E-state index contributed by atoms with van der Waals surface area (Å²) in [7, 11) is 0. The van der Waals surface area contributed by atoms with E-state index in [4.69, 9.17) is 9.26 Å². The van der Waals surface area contributed by atoms with Gasteiger partial charge in [0.25, 0.3) is 5.91 Å². The molecule has 10 heteroatoms. The zero-order chi connectivity index (χ0) is 20.1. The van der Waals surface area contributed by atoms with Crippen molar-refractivity contribution in [2.24, 2.45) is 0 Å². The van der Waals surface area contributed by atoms with Crippen LogP contribution in [0.4, 0.5) is 11.6 Å². The van der Waals surface area contributed by atoms with E-state index in [1.54, 1.807) is 6.07 Å². The zero-order valence-electron chi connectivity index (χ0n) is 16.1. The number of rotatable bonds is 7. The van der Waals surface area contributed by atoms with Gasteiger partial charge in [0.05, 0.1) is 18.1 Å². The van der Waals surface area contributed by atoms with Gasteiger partial charge in [0.15, 0.2) is 11.5 Å². The van der Waals surface area contributed by atoms with Crippen LogP contribution in [-0.2, 0) is 4.74 Å². The number of thiophene rings is 1. The molecule has 0 atom stereocenters. The van der Waals surface area contributed by atoms with Gasteiger partial charge in [-0.3, -0.25) is 4.79 Å². The van der Waals surface area contributed by atoms with Crippen molar-refractivity contribution in [3.63, 3.8) is 0 Å². The number of hydrogen-bond donors (Lipinski definition) is 2. The van der Waals surface area contributed by atoms with Gasteiger partial charge in [-0.2, -0.15) is 0 Å². The van der Waals surface area contributed by atoms with E-state index in [9.17, 15) is 4.79 Å². The van der Waals surface area contributed by atoms with Gasteiger partial charge in [0, 0.05) is 38.3 Å². The maximum atomic E-state index is 12.3. The van der Waals surface area contributed by atoms with Crippen LogP contribution in [0.3, 0.4) is 0 Å². The first-order valence-electron chi connectivity index (χ1n) is 9.40. The first kappa shape index (κ1) is 19.3. The van der Waals surface area contributed by atoms with Crippen molar-refractivity contribution in [1.82, 2.24) is 20.4 Å². The second-order valence-corrected chi connectivity index (χ2v) is 7.44. The third kappa shape index (κ3) is 4.90. The highest BCUT2D eigenvalue weighted by molar-refractivity contribution is 7.13. The van der Waals surface area contributed by atoms with Crippen molar-refractivity contribution in [2.75, 3.05) is 49.6 Å². The second kappa shape index (κ2) is 9.01. The van der Waals surface area contributed by atoms with Crippen LogP contribution in [0.2, 0.25) is 0 Å². The smallest absolute Gasteiger partial charge is 0.273 e. The number of ether oxygens (including phenoxy) is 1. The van der Waals surface area contributed by atoms with Crippen molar-refractivity contribution >= 4 is 28.9 Å². The molecule has 1 saturated heterocycles. The van der Waals surface area contributed by atoms with Gasteiger partial charge >= 0.3 is 0 Å². The molecule has 1 fully saturated rings. The molecule has 3 aromatic rings. The van der Waals surface area contributed by atoms with Crippen LogP contribution in [0.1, 0.15) is 16.3 Å². The molecule has 9 nitrogen and oxygen atoms in total. The maximum Gasteiger partial charge on any atom is 0.273 e. The average molecular weight is 414 g/mol. The van der Waals surface area contributed by atoms with E-state index in [0.717, 1.165) is 29.6 Å². The van der Waals surface area contributed by atoms with E-state index in [2.05, 4.69) is 30.7 Å². The Bertz CT molecular complexity index is 953. The van der Waals surface area contributed by atoms with E-state index >= 15 is 0 Å². The molecule has 0 aliphatic carbocycles. The Morgan fingerprint density at radius 1 is 1.24 bits per heavy atom. The summed E-state index contributed by atoms with van der Waals surface area (Å²) in [5.41, 5.74) is 0.265. The molecule has 3 aromatic heterocycles. The summed E-state index contributed by atoms with van der Waals surface area (Å²) in [5, 5.41) is 11.9. The molecule has 4 rings (SSSR count). The summed E-state index contributed by atoms with van der Waals surface area (Å²) in [6.07, 6.45) is 0. The zero-order valence-corrected chi connectivity index (χ0v) is 16.9. The second-order valence-electron chi connectivity index (χ2n) is 6.49. The molecule has 0 spiro atoms. The molecule has 0 bridgehead atoms. The first-order chi connectivity index (χ1) is 14.2. The van der Waals surface area contributed by atoms with Crippen LogP contribution in [0.15, 0.2) is 34.2 Å². The fourth-order valence-corrected chi connectivity index (χ4v) is 3.64. The lowest BCUT2D eigenvalue weighted by atomic mass is 10.3. The third-order valence-corrected chi connectivity index (χ3v) is 5.27. The minimum absolute atomic E-state index is 0.265. The van der Waals surface area contributed by atoms with Crippen molar-refractivity contribution in [2.45, 2.75) is 6.92 Å². The molecule has 1 aliphatic rings. The van der Waals surface area contributed by atoms with Gasteiger partial charge in [0.1, 0.15) is 17.5 Å². The Balaban J connectivity index is 1.28. The third-order valence-electron chi connectivity index (χ3n) is 4.38. The van der Waals surface area contributed by atoms with E-state index in [1.165, 1.54) is 11.3 Å². The van der Waals surface area contributed by atoms with Gasteiger partial charge in [-0.15, -0.1) is 11.3 Å². The monoisotopic (exact) mass is 414 g/mol. The highest BCUT2D eigenvalue weighted by Crippen LogP contribution is 2.25. The topological polar surface area (TPSA) is 105 Å². The maximum absolute atomic E-state index is 12.3. The van der Waals surface area contributed by atoms with E-state index in [-0.39, 0.29) is 11.6 Å². The lowest BCUT2D eigenvalue weighted by molar-refractivity contribution is 0.0946. The molecule has 29 heavy (non-hydrogen) atoms. The van der Waals surface area contributed by atoms with Gasteiger partial charge in [0.2, 0.25) is 0 Å². The molecule has 0 unspecified atom stereocenters. The van der Waals surface area contributed by atoms with Crippen molar-refractivity contribution in [3.05, 3.63) is 41.2 Å². The number of nitrogens with zero attached hydrogens (tertiary/aromatic N) is 4. The molecule has 1 aliphatic heterocycles. The summed E-state index contributed by atoms with van der Waals surface area (Å²) >= 11 is 1.53. The fraction of sp³-hybridized carbons (Fsp3) is 0.368. The summed E-state index contributed by atoms with van der Waals surface area (Å²) in [5.74, 6) is 2.64. The van der Waals surface area contributed by atoms with Crippen LogP contribution < -0.4 is 15.5 Å². The molecule has 0 aromatic carbocycles. The number of aromatic nitrogens is 3. The van der Waals surface area contributed by atoms with E-state index in [0.29, 0.717) is 37.9 Å². The van der Waals surface area contributed by atoms with Crippen LogP contribution in [0.5, 0.6) is 0 Å². The number of aryl methyl sites for hydroxylation is 1. The Morgan fingerprint density at radius 3 is 2.90 bits per heavy atom. The number of amides is 1. The Kier molecular flexibility index (Phi) is 6.01. The Morgan fingerprint density at radius 2 is 2.10 bits per heavy atom. The molecule has 1 amide bonds. The quantitative estimate of drug-likeness (QED) is 0.567. The molecule has 2 N–H and O–H groups in total. The molecule has 0 radical (unpaired) electrons. The molecule has 0 saturated carbocycles. The van der Waals surface area contributed by atoms with Gasteiger partial charge < -0.3 is 24.8 Å². The summed E-state index contributed by atoms with van der Waals surface area (Å²) < 4.78 is 10.6. The van der Waals surface area contributed by atoms with Gasteiger partial charge in [-0.1, -0.05) is 11.2 Å². The van der Waals surface area contributed by atoms with Crippen molar-refractivity contribution in [1.29, 1.82) is 0 Å². The highest BCUT2D eigenvalue weighted by atomic mass is 32.1. The minimum atomic E-state index is -0.272. The number of morpholine rings is 1. The number of hydrogen-bond acceptors (Lipinski definition) is 9. The number of anilines is 2. The fourth-order valence-electron chi connectivity index (χ4n) is 2.97. The molecule has 152 valence electrons. The molecular formula is C19H22N6O3S. The predicted octanol–water partition coefficient (Wildman–Crippen LogP) is 2.18. The highest BCUT2D eigenvalue weighted by Gasteiger charge is 2.15. The number of carbonyl (C=O) groups excluding carboxylic acids is 1. The van der Waals surface area contributed by atoms with Crippen LogP contribution in [-0.4, -0.2) is 60.4 Å². The van der Waals surface area contributed by atoms with Crippen LogP contribution >= 0.6 is 11.3 Å². The summed E-state index contributed by atoms with van der Waals surface area (Å²) in [4.78, 5) is 24.3.